The Morgan fingerprint density at radius 2 is 1.94 bits per heavy atom. The molecule has 3 aliphatic heterocycles. The summed E-state index contributed by atoms with van der Waals surface area (Å²) in [6, 6.07) is 3.19. The van der Waals surface area contributed by atoms with Crippen molar-refractivity contribution in [1.82, 2.24) is 0 Å². The highest BCUT2D eigenvalue weighted by atomic mass is 16.9. The van der Waals surface area contributed by atoms with E-state index < -0.39 is 51.8 Å². The molecule has 3 saturated heterocycles. The summed E-state index contributed by atoms with van der Waals surface area (Å²) in [5.41, 5.74) is -3.00. The second kappa shape index (κ2) is 6.40. The molecule has 7 aliphatic rings. The lowest BCUT2D eigenvalue weighted by atomic mass is 9.40. The molecule has 4 aliphatic carbocycles. The smallest absolute Gasteiger partial charge is 0.335 e. The summed E-state index contributed by atoms with van der Waals surface area (Å²) >= 11 is 0. The van der Waals surface area contributed by atoms with Gasteiger partial charge in [-0.05, 0) is 55.6 Å². The first kappa shape index (κ1) is 21.7. The van der Waals surface area contributed by atoms with Crippen molar-refractivity contribution < 1.29 is 33.6 Å². The van der Waals surface area contributed by atoms with Gasteiger partial charge in [-0.15, -0.1) is 0 Å². The molecule has 184 valence electrons. The lowest BCUT2D eigenvalue weighted by Gasteiger charge is -2.73. The largest absolute Gasteiger partial charge is 0.431 e. The number of aldehydes is 1. The quantitative estimate of drug-likeness (QED) is 0.630. The summed E-state index contributed by atoms with van der Waals surface area (Å²) in [5, 5.41) is 24.2. The molecule has 0 aromatic carbocycles. The van der Waals surface area contributed by atoms with Crippen LogP contribution in [0, 0.1) is 22.7 Å². The molecular formula is C26H32O8. The molecule has 4 heterocycles. The zero-order valence-corrected chi connectivity index (χ0v) is 19.6. The molecule has 1 aromatic heterocycles. The van der Waals surface area contributed by atoms with Gasteiger partial charge in [0, 0.05) is 37.2 Å². The third kappa shape index (κ3) is 2.28. The highest BCUT2D eigenvalue weighted by Crippen LogP contribution is 2.74. The van der Waals surface area contributed by atoms with Gasteiger partial charge in [0.25, 0.3) is 5.97 Å². The van der Waals surface area contributed by atoms with Gasteiger partial charge in [0.05, 0.1) is 41.2 Å². The third-order valence-corrected chi connectivity index (χ3v) is 10.9. The van der Waals surface area contributed by atoms with Crippen molar-refractivity contribution >= 4 is 6.29 Å². The normalized spacial score (nSPS) is 57.1. The van der Waals surface area contributed by atoms with E-state index in [-0.39, 0.29) is 17.9 Å². The monoisotopic (exact) mass is 472 g/mol. The Bertz CT molecular complexity index is 1100. The van der Waals surface area contributed by atoms with Crippen molar-refractivity contribution in [3.63, 3.8) is 0 Å². The minimum absolute atomic E-state index is 0.0280. The standard InChI is InChI=1S/C26H32O8/c1-22-11-18(28)21-17(26(22,30)8-6-16(22)14-3-4-20(29)31-12-14)5-7-24-10-15-9-19(25(21,24)13-27)33-23(2,32-15)34-24/h3-4,12-13,15-19,21,28,30H,5-11H2,1-2H3/t15-,16-,17-,18-,19+,21-,22-,23-,24?,25-,26+/m1/s1. The molecule has 1 unspecified atom stereocenters. The molecule has 0 amide bonds. The summed E-state index contributed by atoms with van der Waals surface area (Å²) in [7, 11) is 0. The summed E-state index contributed by atoms with van der Waals surface area (Å²) in [6.07, 6.45) is 5.38. The fourth-order valence-corrected chi connectivity index (χ4v) is 9.75. The lowest BCUT2D eigenvalue weighted by Crippen LogP contribution is -2.82. The maximum absolute atomic E-state index is 13.1. The van der Waals surface area contributed by atoms with E-state index in [1.807, 2.05) is 6.92 Å². The fraction of sp³-hybridized carbons (Fsp3) is 0.769. The highest BCUT2D eigenvalue weighted by Gasteiger charge is 2.80. The molecule has 1 spiro atoms. The SMILES string of the molecule is C[C@@]12O[C@@H]3C[C@H](O1)[C@]1(C=O)[C@H]4[C@H](O)C[C@]5(C)[C@@H](c6ccc(=O)oc6)CC[C@]5(O)[C@@H]4CCC1(C3)O2. The van der Waals surface area contributed by atoms with Gasteiger partial charge in [-0.1, -0.05) is 6.92 Å². The summed E-state index contributed by atoms with van der Waals surface area (Å²) in [5.74, 6) is -1.95. The van der Waals surface area contributed by atoms with Crippen molar-refractivity contribution in [3.8, 4) is 0 Å². The summed E-state index contributed by atoms with van der Waals surface area (Å²) < 4.78 is 23.8. The van der Waals surface area contributed by atoms with Crippen LogP contribution in [0.1, 0.15) is 70.3 Å². The topological polar surface area (TPSA) is 115 Å². The number of carbonyl (C=O) groups is 1. The zero-order chi connectivity index (χ0) is 23.7. The number of hydrogen-bond donors (Lipinski definition) is 2. The van der Waals surface area contributed by atoms with Gasteiger partial charge in [-0.2, -0.15) is 0 Å². The molecule has 4 saturated carbocycles. The lowest BCUT2D eigenvalue weighted by molar-refractivity contribution is -0.543. The Balaban J connectivity index is 1.33. The average Bonchev–Trinajstić information content (AvgIpc) is 3.04. The van der Waals surface area contributed by atoms with Gasteiger partial charge < -0.3 is 33.6 Å². The van der Waals surface area contributed by atoms with Gasteiger partial charge in [0.15, 0.2) is 0 Å². The Morgan fingerprint density at radius 1 is 1.12 bits per heavy atom. The van der Waals surface area contributed by atoms with Gasteiger partial charge in [0.2, 0.25) is 0 Å². The van der Waals surface area contributed by atoms with Crippen LogP contribution in [0.2, 0.25) is 0 Å². The molecule has 8 heteroatoms. The van der Waals surface area contributed by atoms with Crippen LogP contribution in [0.3, 0.4) is 0 Å². The summed E-state index contributed by atoms with van der Waals surface area (Å²) in [4.78, 5) is 24.6. The molecule has 2 N–H and O–H groups in total. The summed E-state index contributed by atoms with van der Waals surface area (Å²) in [6.45, 7) is 3.82. The van der Waals surface area contributed by atoms with Crippen molar-refractivity contribution in [2.45, 2.75) is 100 Å². The number of carbonyl (C=O) groups excluding carboxylic acids is 1. The van der Waals surface area contributed by atoms with Crippen LogP contribution in [0.25, 0.3) is 0 Å². The fourth-order valence-electron chi connectivity index (χ4n) is 9.75. The number of fused-ring (bicyclic) bond motifs is 3. The first-order valence-corrected chi connectivity index (χ1v) is 12.6. The third-order valence-electron chi connectivity index (χ3n) is 10.9. The number of rotatable bonds is 2. The number of aliphatic hydroxyl groups is 2. The van der Waals surface area contributed by atoms with E-state index in [1.165, 1.54) is 12.3 Å². The van der Waals surface area contributed by atoms with E-state index in [0.717, 1.165) is 18.3 Å². The predicted molar refractivity (Wildman–Crippen MR) is 117 cm³/mol. The molecule has 11 atom stereocenters. The van der Waals surface area contributed by atoms with Crippen molar-refractivity contribution in [3.05, 3.63) is 34.4 Å². The number of hydrogen-bond acceptors (Lipinski definition) is 8. The van der Waals surface area contributed by atoms with E-state index >= 15 is 0 Å². The van der Waals surface area contributed by atoms with Gasteiger partial charge >= 0.3 is 5.63 Å². The zero-order valence-electron chi connectivity index (χ0n) is 19.6. The highest BCUT2D eigenvalue weighted by molar-refractivity contribution is 5.66. The molecule has 1 aromatic rings. The maximum atomic E-state index is 13.1. The Hall–Kier alpha value is -1.58. The average molecular weight is 473 g/mol. The van der Waals surface area contributed by atoms with Crippen LogP contribution in [-0.4, -0.2) is 52.0 Å². The Labute approximate surface area is 197 Å². The first-order chi connectivity index (χ1) is 16.1. The molecule has 4 bridgehead atoms. The maximum Gasteiger partial charge on any atom is 0.335 e. The first-order valence-electron chi connectivity index (χ1n) is 12.6. The molecule has 8 rings (SSSR count). The van der Waals surface area contributed by atoms with Gasteiger partial charge in [0.1, 0.15) is 6.29 Å². The van der Waals surface area contributed by atoms with Crippen molar-refractivity contribution in [1.29, 1.82) is 0 Å². The number of ether oxygens (including phenoxy) is 3. The van der Waals surface area contributed by atoms with Crippen LogP contribution in [-0.2, 0) is 19.0 Å². The van der Waals surface area contributed by atoms with Crippen LogP contribution in [0.15, 0.2) is 27.6 Å². The molecular weight excluding hydrogens is 440 g/mol. The van der Waals surface area contributed by atoms with Crippen LogP contribution < -0.4 is 5.63 Å². The minimum Gasteiger partial charge on any atom is -0.431 e. The van der Waals surface area contributed by atoms with E-state index in [9.17, 15) is 19.8 Å². The molecule has 7 fully saturated rings. The van der Waals surface area contributed by atoms with E-state index in [4.69, 9.17) is 18.6 Å². The van der Waals surface area contributed by atoms with E-state index in [2.05, 4.69) is 0 Å². The van der Waals surface area contributed by atoms with Crippen molar-refractivity contribution in [2.24, 2.45) is 22.7 Å². The Morgan fingerprint density at radius 3 is 2.65 bits per heavy atom. The van der Waals surface area contributed by atoms with Crippen molar-refractivity contribution in [2.75, 3.05) is 0 Å². The number of aliphatic hydroxyl groups excluding tert-OH is 1. The minimum atomic E-state index is -1.16. The molecule has 34 heavy (non-hydrogen) atoms. The molecule has 8 nitrogen and oxygen atoms in total. The van der Waals surface area contributed by atoms with Gasteiger partial charge in [-0.25, -0.2) is 4.79 Å². The molecule has 0 radical (unpaired) electrons. The van der Waals surface area contributed by atoms with Crippen LogP contribution in [0.4, 0.5) is 0 Å². The van der Waals surface area contributed by atoms with Gasteiger partial charge in [-0.3, -0.25) is 0 Å². The van der Waals surface area contributed by atoms with Crippen LogP contribution >= 0.6 is 0 Å². The predicted octanol–water partition coefficient (Wildman–Crippen LogP) is 2.25. The second-order valence-corrected chi connectivity index (χ2v) is 12.1. The second-order valence-electron chi connectivity index (χ2n) is 12.1. The van der Waals surface area contributed by atoms with Crippen LogP contribution in [0.5, 0.6) is 0 Å². The van der Waals surface area contributed by atoms with E-state index in [0.29, 0.717) is 38.5 Å². The Kier molecular flexibility index (Phi) is 4.08. The van der Waals surface area contributed by atoms with E-state index in [1.54, 1.807) is 13.0 Å².